The minimum absolute atomic E-state index is 1.10. The van der Waals surface area contributed by atoms with Gasteiger partial charge in [0, 0.05) is 33.5 Å². The zero-order chi connectivity index (χ0) is 35.8. The first-order chi connectivity index (χ1) is 26.8. The Kier molecular flexibility index (Phi) is 7.85. The number of benzene rings is 9. The van der Waals surface area contributed by atoms with Gasteiger partial charge in [0.15, 0.2) is 0 Å². The lowest BCUT2D eigenvalue weighted by Gasteiger charge is -2.26. The molecule has 1 aromatic heterocycles. The molecule has 0 aliphatic rings. The van der Waals surface area contributed by atoms with Crippen molar-refractivity contribution in [2.24, 2.45) is 0 Å². The van der Waals surface area contributed by atoms with Crippen LogP contribution in [0, 0.1) is 0 Å². The van der Waals surface area contributed by atoms with E-state index in [1.165, 1.54) is 66.0 Å². The van der Waals surface area contributed by atoms with Gasteiger partial charge in [-0.05, 0) is 105 Å². The Labute approximate surface area is 315 Å². The summed E-state index contributed by atoms with van der Waals surface area (Å²) in [5.74, 6) is 0. The van der Waals surface area contributed by atoms with Crippen molar-refractivity contribution in [1.82, 2.24) is 4.57 Å². The Hall–Kier alpha value is -7.16. The highest BCUT2D eigenvalue weighted by Gasteiger charge is 2.16. The molecule has 2 nitrogen and oxygen atoms in total. The van der Waals surface area contributed by atoms with Crippen LogP contribution in [0.15, 0.2) is 218 Å². The highest BCUT2D eigenvalue weighted by molar-refractivity contribution is 6.10. The molecule has 0 radical (unpaired) electrons. The van der Waals surface area contributed by atoms with Crippen LogP contribution in [0.5, 0.6) is 0 Å². The maximum absolute atomic E-state index is 2.38. The molecular weight excluding hydrogens is 653 g/mol. The molecule has 0 aliphatic heterocycles. The number of rotatable bonds is 7. The second-order valence-corrected chi connectivity index (χ2v) is 13.8. The molecule has 0 aliphatic carbocycles. The average Bonchev–Trinajstić information content (AvgIpc) is 3.59. The second kappa shape index (κ2) is 13.4. The number of hydrogen-bond acceptors (Lipinski definition) is 1. The molecule has 2 heteroatoms. The quantitative estimate of drug-likeness (QED) is 0.162. The molecule has 0 spiro atoms. The fraction of sp³-hybridized carbons (Fsp3) is 0. The first-order valence-electron chi connectivity index (χ1n) is 18.5. The third-order valence-corrected chi connectivity index (χ3v) is 10.6. The molecule has 1 heterocycles. The summed E-state index contributed by atoms with van der Waals surface area (Å²) in [5.41, 5.74) is 14.1. The zero-order valence-corrected chi connectivity index (χ0v) is 29.7. The Morgan fingerprint density at radius 1 is 0.296 bits per heavy atom. The normalized spacial score (nSPS) is 11.3. The van der Waals surface area contributed by atoms with Crippen LogP contribution in [0.4, 0.5) is 17.1 Å². The molecule has 9 aromatic carbocycles. The number of para-hydroxylation sites is 2. The third-order valence-electron chi connectivity index (χ3n) is 10.6. The number of nitrogens with zero attached hydrogens (tertiary/aromatic N) is 2. The summed E-state index contributed by atoms with van der Waals surface area (Å²) in [7, 11) is 0. The molecule has 0 amide bonds. The number of aromatic nitrogens is 1. The van der Waals surface area contributed by atoms with Gasteiger partial charge < -0.3 is 9.47 Å². The van der Waals surface area contributed by atoms with Gasteiger partial charge in [0.2, 0.25) is 0 Å². The van der Waals surface area contributed by atoms with Crippen LogP contribution < -0.4 is 4.90 Å². The fourth-order valence-corrected chi connectivity index (χ4v) is 7.96. The Bertz CT molecular complexity index is 2880. The van der Waals surface area contributed by atoms with Crippen LogP contribution in [0.2, 0.25) is 0 Å². The molecule has 0 unspecified atom stereocenters. The van der Waals surface area contributed by atoms with Crippen molar-refractivity contribution in [2.45, 2.75) is 0 Å². The molecule has 0 bridgehead atoms. The lowest BCUT2D eigenvalue weighted by Crippen LogP contribution is -2.09. The van der Waals surface area contributed by atoms with E-state index in [-0.39, 0.29) is 0 Å². The van der Waals surface area contributed by atoms with Gasteiger partial charge in [-0.25, -0.2) is 0 Å². The van der Waals surface area contributed by atoms with E-state index >= 15 is 0 Å². The number of hydrogen-bond donors (Lipinski definition) is 0. The van der Waals surface area contributed by atoms with Crippen molar-refractivity contribution in [3.05, 3.63) is 218 Å². The smallest absolute Gasteiger partial charge is 0.0547 e. The summed E-state index contributed by atoms with van der Waals surface area (Å²) in [6.45, 7) is 0. The van der Waals surface area contributed by atoms with Crippen molar-refractivity contribution in [2.75, 3.05) is 4.90 Å². The molecule has 54 heavy (non-hydrogen) atoms. The van der Waals surface area contributed by atoms with Crippen LogP contribution in [-0.2, 0) is 0 Å². The molecule has 0 atom stereocenters. The van der Waals surface area contributed by atoms with Crippen molar-refractivity contribution >= 4 is 49.6 Å². The van der Waals surface area contributed by atoms with Crippen LogP contribution in [0.1, 0.15) is 0 Å². The molecule has 10 rings (SSSR count). The largest absolute Gasteiger partial charge is 0.311 e. The maximum atomic E-state index is 2.38. The summed E-state index contributed by atoms with van der Waals surface area (Å²) in [6.07, 6.45) is 0. The highest BCUT2D eigenvalue weighted by atomic mass is 15.1. The lowest BCUT2D eigenvalue weighted by atomic mass is 9.98. The first kappa shape index (κ1) is 31.6. The minimum Gasteiger partial charge on any atom is -0.311 e. The predicted molar refractivity (Wildman–Crippen MR) is 229 cm³/mol. The van der Waals surface area contributed by atoms with E-state index in [1.54, 1.807) is 0 Å². The SMILES string of the molecule is c1ccc(-c2ccc(N(c3ccc(-c4ccc5c6ccccc6n(-c6ccccc6)c5c4)cc3)c3ccc(-c4cccc5ccccc45)cc3)cc2)cc1. The number of fused-ring (bicyclic) bond motifs is 4. The number of anilines is 3. The van der Waals surface area contributed by atoms with Gasteiger partial charge in [0.1, 0.15) is 0 Å². The van der Waals surface area contributed by atoms with Crippen molar-refractivity contribution in [3.63, 3.8) is 0 Å². The predicted octanol–water partition coefficient (Wildman–Crippen LogP) is 14.4. The first-order valence-corrected chi connectivity index (χ1v) is 18.5. The molecule has 0 N–H and O–H groups in total. The molecular formula is C52H36N2. The second-order valence-electron chi connectivity index (χ2n) is 13.8. The van der Waals surface area contributed by atoms with E-state index in [0.717, 1.165) is 22.7 Å². The fourth-order valence-electron chi connectivity index (χ4n) is 7.96. The van der Waals surface area contributed by atoms with E-state index in [4.69, 9.17) is 0 Å². The van der Waals surface area contributed by atoms with Gasteiger partial charge in [-0.3, -0.25) is 0 Å². The summed E-state index contributed by atoms with van der Waals surface area (Å²) in [4.78, 5) is 2.35. The van der Waals surface area contributed by atoms with Gasteiger partial charge in [-0.2, -0.15) is 0 Å². The zero-order valence-electron chi connectivity index (χ0n) is 29.7. The Morgan fingerprint density at radius 3 is 1.46 bits per heavy atom. The Morgan fingerprint density at radius 2 is 0.778 bits per heavy atom. The van der Waals surface area contributed by atoms with Crippen molar-refractivity contribution < 1.29 is 0 Å². The molecule has 254 valence electrons. The summed E-state index contributed by atoms with van der Waals surface area (Å²) in [6, 6.07) is 78.8. The molecule has 0 saturated carbocycles. The van der Waals surface area contributed by atoms with E-state index in [1.807, 2.05) is 0 Å². The Balaban J connectivity index is 1.05. The molecule has 0 saturated heterocycles. The van der Waals surface area contributed by atoms with E-state index in [9.17, 15) is 0 Å². The summed E-state index contributed by atoms with van der Waals surface area (Å²) >= 11 is 0. The molecule has 10 aromatic rings. The van der Waals surface area contributed by atoms with Crippen molar-refractivity contribution in [3.8, 4) is 39.1 Å². The van der Waals surface area contributed by atoms with E-state index < -0.39 is 0 Å². The lowest BCUT2D eigenvalue weighted by molar-refractivity contribution is 1.18. The van der Waals surface area contributed by atoms with E-state index in [0.29, 0.717) is 0 Å². The van der Waals surface area contributed by atoms with Gasteiger partial charge in [0.25, 0.3) is 0 Å². The topological polar surface area (TPSA) is 8.17 Å². The van der Waals surface area contributed by atoms with Crippen LogP contribution in [-0.4, -0.2) is 4.57 Å². The highest BCUT2D eigenvalue weighted by Crippen LogP contribution is 2.40. The van der Waals surface area contributed by atoms with Gasteiger partial charge in [0.05, 0.1) is 11.0 Å². The summed E-state index contributed by atoms with van der Waals surface area (Å²) < 4.78 is 2.38. The van der Waals surface area contributed by atoms with Crippen LogP contribution in [0.25, 0.3) is 71.6 Å². The molecule has 0 fully saturated rings. The van der Waals surface area contributed by atoms with Crippen LogP contribution >= 0.6 is 0 Å². The standard InChI is InChI=1S/C52H36N2/c1-3-12-37(13-4-1)38-22-29-44(30-23-38)53(46-33-26-41(27-34-46)48-20-11-15-40-14-7-8-18-47(40)48)45-31-24-39(25-32-45)42-28-35-50-49-19-9-10-21-51(49)54(52(50)36-42)43-16-5-2-6-17-43/h1-36H. The maximum Gasteiger partial charge on any atom is 0.0547 e. The monoisotopic (exact) mass is 688 g/mol. The van der Waals surface area contributed by atoms with Gasteiger partial charge in [-0.1, -0.05) is 158 Å². The minimum atomic E-state index is 1.10. The average molecular weight is 689 g/mol. The van der Waals surface area contributed by atoms with Crippen molar-refractivity contribution in [1.29, 1.82) is 0 Å². The van der Waals surface area contributed by atoms with Gasteiger partial charge in [-0.15, -0.1) is 0 Å². The summed E-state index contributed by atoms with van der Waals surface area (Å²) in [5, 5.41) is 5.03. The van der Waals surface area contributed by atoms with Crippen LogP contribution in [0.3, 0.4) is 0 Å². The van der Waals surface area contributed by atoms with Gasteiger partial charge >= 0.3 is 0 Å². The third kappa shape index (κ3) is 5.62. The van der Waals surface area contributed by atoms with E-state index in [2.05, 4.69) is 228 Å².